The highest BCUT2D eigenvalue weighted by atomic mass is 16.5. The minimum Gasteiger partial charge on any atom is -0.456 e. The lowest BCUT2D eigenvalue weighted by Gasteiger charge is -2.22. The van der Waals surface area contributed by atoms with Gasteiger partial charge in [0.05, 0.1) is 11.0 Å². The molecule has 1 aromatic heterocycles. The predicted molar refractivity (Wildman–Crippen MR) is 210 cm³/mol. The second-order valence-electron chi connectivity index (χ2n) is 13.3. The molecule has 2 heterocycles. The van der Waals surface area contributed by atoms with Crippen LogP contribution in [-0.4, -0.2) is 4.57 Å². The quantitative estimate of drug-likeness (QED) is 0.188. The number of benzene rings is 9. The van der Waals surface area contributed by atoms with Gasteiger partial charge >= 0.3 is 0 Å². The number of nitrogens with zero attached hydrogens (tertiary/aromatic N) is 1. The van der Waals surface area contributed by atoms with E-state index in [4.69, 9.17) is 4.74 Å². The van der Waals surface area contributed by atoms with Crippen molar-refractivity contribution in [3.63, 3.8) is 0 Å². The first-order valence-electron chi connectivity index (χ1n) is 17.2. The molecule has 1 aliphatic rings. The molecule has 1 aliphatic heterocycles. The molecule has 232 valence electrons. The minimum atomic E-state index is 0.897. The molecule has 0 saturated heterocycles. The fourth-order valence-corrected chi connectivity index (χ4v) is 8.33. The van der Waals surface area contributed by atoms with Crippen LogP contribution in [0.4, 0.5) is 0 Å². The Morgan fingerprint density at radius 1 is 0.340 bits per heavy atom. The van der Waals surface area contributed by atoms with Crippen molar-refractivity contribution in [3.8, 4) is 50.6 Å². The number of aromatic nitrogens is 1. The zero-order chi connectivity index (χ0) is 32.8. The molecule has 0 fully saturated rings. The van der Waals surface area contributed by atoms with Crippen LogP contribution in [0.3, 0.4) is 0 Å². The van der Waals surface area contributed by atoms with E-state index in [0.717, 1.165) is 22.7 Å². The van der Waals surface area contributed by atoms with Crippen LogP contribution in [0.25, 0.3) is 93.2 Å². The van der Waals surface area contributed by atoms with Crippen LogP contribution >= 0.6 is 0 Å². The summed E-state index contributed by atoms with van der Waals surface area (Å²) >= 11 is 0. The molecule has 0 saturated carbocycles. The highest BCUT2D eigenvalue weighted by Crippen LogP contribution is 2.48. The van der Waals surface area contributed by atoms with Crippen molar-refractivity contribution < 1.29 is 4.74 Å². The molecule has 0 N–H and O–H groups in total. The van der Waals surface area contributed by atoms with Crippen LogP contribution in [-0.2, 0) is 0 Å². The topological polar surface area (TPSA) is 14.2 Å². The zero-order valence-electron chi connectivity index (χ0n) is 27.1. The normalized spacial score (nSPS) is 12.2. The number of rotatable bonds is 3. The molecule has 0 unspecified atom stereocenters. The van der Waals surface area contributed by atoms with Gasteiger partial charge in [0.1, 0.15) is 11.5 Å². The maximum atomic E-state index is 6.41. The van der Waals surface area contributed by atoms with Gasteiger partial charge < -0.3 is 9.30 Å². The maximum Gasteiger partial charge on any atom is 0.135 e. The molecule has 11 rings (SSSR count). The van der Waals surface area contributed by atoms with E-state index in [1.54, 1.807) is 0 Å². The number of ether oxygens (including phenoxy) is 1. The molecule has 50 heavy (non-hydrogen) atoms. The molecule has 10 aromatic rings. The molecule has 0 atom stereocenters. The van der Waals surface area contributed by atoms with E-state index in [-0.39, 0.29) is 0 Å². The summed E-state index contributed by atoms with van der Waals surface area (Å²) in [5.41, 5.74) is 10.7. The Morgan fingerprint density at radius 2 is 0.900 bits per heavy atom. The van der Waals surface area contributed by atoms with E-state index < -0.39 is 0 Å². The van der Waals surface area contributed by atoms with Crippen molar-refractivity contribution in [3.05, 3.63) is 176 Å². The number of hydrogen-bond acceptors (Lipinski definition) is 1. The minimum absolute atomic E-state index is 0.897. The molecule has 0 radical (unpaired) electrons. The van der Waals surface area contributed by atoms with Gasteiger partial charge in [0.25, 0.3) is 0 Å². The summed E-state index contributed by atoms with van der Waals surface area (Å²) in [7, 11) is 0. The highest BCUT2D eigenvalue weighted by molar-refractivity contribution is 6.28. The highest BCUT2D eigenvalue weighted by Gasteiger charge is 2.21. The van der Waals surface area contributed by atoms with Gasteiger partial charge in [0, 0.05) is 27.4 Å². The van der Waals surface area contributed by atoms with Crippen molar-refractivity contribution in [2.75, 3.05) is 0 Å². The molecular formula is C48H29NO. The van der Waals surface area contributed by atoms with E-state index in [1.807, 2.05) is 0 Å². The lowest BCUT2D eigenvalue weighted by atomic mass is 9.90. The second-order valence-corrected chi connectivity index (χ2v) is 13.3. The second kappa shape index (κ2) is 10.4. The van der Waals surface area contributed by atoms with Gasteiger partial charge in [-0.2, -0.15) is 0 Å². The first-order chi connectivity index (χ1) is 24.8. The van der Waals surface area contributed by atoms with Crippen LogP contribution in [0, 0.1) is 0 Å². The zero-order valence-corrected chi connectivity index (χ0v) is 27.1. The summed E-state index contributed by atoms with van der Waals surface area (Å²) in [5, 5.41) is 10.1. The number of fused-ring (bicyclic) bond motifs is 9. The van der Waals surface area contributed by atoms with Gasteiger partial charge in [0.2, 0.25) is 0 Å². The first-order valence-corrected chi connectivity index (χ1v) is 17.2. The fraction of sp³-hybridized carbons (Fsp3) is 0. The lowest BCUT2D eigenvalue weighted by molar-refractivity contribution is 0.487. The Hall–Kier alpha value is -6.64. The van der Waals surface area contributed by atoms with Gasteiger partial charge in [-0.05, 0) is 97.2 Å². The summed E-state index contributed by atoms with van der Waals surface area (Å²) in [6.07, 6.45) is 0. The van der Waals surface area contributed by atoms with Crippen molar-refractivity contribution in [2.24, 2.45) is 0 Å². The Kier molecular flexibility index (Phi) is 5.70. The molecular weight excluding hydrogens is 607 g/mol. The van der Waals surface area contributed by atoms with Gasteiger partial charge in [-0.25, -0.2) is 0 Å². The summed E-state index contributed by atoms with van der Waals surface area (Å²) < 4.78 is 8.84. The average molecular weight is 636 g/mol. The lowest BCUT2D eigenvalue weighted by Crippen LogP contribution is -1.97. The van der Waals surface area contributed by atoms with Gasteiger partial charge in [-0.1, -0.05) is 133 Å². The summed E-state index contributed by atoms with van der Waals surface area (Å²) in [6, 6.07) is 63.8. The predicted octanol–water partition coefficient (Wildman–Crippen LogP) is 13.3. The van der Waals surface area contributed by atoms with E-state index in [9.17, 15) is 0 Å². The van der Waals surface area contributed by atoms with E-state index in [0.29, 0.717) is 0 Å². The summed E-state index contributed by atoms with van der Waals surface area (Å²) in [5.74, 6) is 1.82. The standard InChI is InChI=1S/C48H29NO/c1-3-15-38-30(9-1)21-26-42-47(38)48-39-16-4-2-10-31(39)22-27-43(48)49(42)35-24-19-32(20-25-35)36-13-5-6-14-37(36)34-23-28-44-41(29-34)40-17-7-11-33-12-8-18-45(50-44)46(33)40/h1-29H. The van der Waals surface area contributed by atoms with Crippen molar-refractivity contribution in [2.45, 2.75) is 0 Å². The van der Waals surface area contributed by atoms with Gasteiger partial charge in [-0.15, -0.1) is 0 Å². The Morgan fingerprint density at radius 3 is 1.60 bits per heavy atom. The van der Waals surface area contributed by atoms with Gasteiger partial charge in [-0.3, -0.25) is 0 Å². The van der Waals surface area contributed by atoms with Gasteiger partial charge in [0.15, 0.2) is 0 Å². The monoisotopic (exact) mass is 635 g/mol. The Bertz CT molecular complexity index is 2900. The SMILES string of the molecule is c1ccc(-c2ccc3c(c2)-c2cccc4cccc(c24)O3)c(-c2ccc(-n3c4ccc5ccccc5c4c4c5ccccc5ccc43)cc2)c1. The van der Waals surface area contributed by atoms with Crippen LogP contribution in [0.15, 0.2) is 176 Å². The average Bonchev–Trinajstić information content (AvgIpc) is 3.53. The smallest absolute Gasteiger partial charge is 0.135 e. The molecule has 0 amide bonds. The van der Waals surface area contributed by atoms with E-state index in [1.165, 1.54) is 81.9 Å². The summed E-state index contributed by atoms with van der Waals surface area (Å²) in [6.45, 7) is 0. The first kappa shape index (κ1) is 27.3. The van der Waals surface area contributed by atoms with Crippen LogP contribution in [0.5, 0.6) is 11.5 Å². The molecule has 2 nitrogen and oxygen atoms in total. The fourth-order valence-electron chi connectivity index (χ4n) is 8.33. The Balaban J connectivity index is 1.06. The van der Waals surface area contributed by atoms with Crippen LogP contribution in [0.2, 0.25) is 0 Å². The third-order valence-electron chi connectivity index (χ3n) is 10.6. The molecule has 0 spiro atoms. The molecule has 2 heteroatoms. The summed E-state index contributed by atoms with van der Waals surface area (Å²) in [4.78, 5) is 0. The largest absolute Gasteiger partial charge is 0.456 e. The van der Waals surface area contributed by atoms with Crippen LogP contribution < -0.4 is 4.74 Å². The molecule has 0 bridgehead atoms. The van der Waals surface area contributed by atoms with Crippen molar-refractivity contribution in [1.29, 1.82) is 0 Å². The molecule has 9 aromatic carbocycles. The molecule has 0 aliphatic carbocycles. The maximum absolute atomic E-state index is 6.41. The van der Waals surface area contributed by atoms with E-state index >= 15 is 0 Å². The third kappa shape index (κ3) is 3.90. The third-order valence-corrected chi connectivity index (χ3v) is 10.6. The Labute approximate surface area is 289 Å². The van der Waals surface area contributed by atoms with E-state index in [2.05, 4.69) is 180 Å². The van der Waals surface area contributed by atoms with Crippen LogP contribution in [0.1, 0.15) is 0 Å². The van der Waals surface area contributed by atoms with Crippen molar-refractivity contribution in [1.82, 2.24) is 4.57 Å². The van der Waals surface area contributed by atoms with Crippen molar-refractivity contribution >= 4 is 54.1 Å². The number of hydrogen-bond donors (Lipinski definition) is 0.